The van der Waals surface area contributed by atoms with Crippen LogP contribution >= 0.6 is 0 Å². The normalized spacial score (nSPS) is 28.8. The Labute approximate surface area is 107 Å². The van der Waals surface area contributed by atoms with E-state index in [0.29, 0.717) is 5.41 Å². The highest BCUT2D eigenvalue weighted by molar-refractivity contribution is 4.82. The van der Waals surface area contributed by atoms with Crippen molar-refractivity contribution in [3.63, 3.8) is 0 Å². The molecule has 1 unspecified atom stereocenters. The summed E-state index contributed by atoms with van der Waals surface area (Å²) in [5.41, 5.74) is 0.462. The summed E-state index contributed by atoms with van der Waals surface area (Å²) in [4.78, 5) is 2.69. The molecule has 0 saturated carbocycles. The smallest absolute Gasteiger partial charge is 0.00302 e. The van der Waals surface area contributed by atoms with Crippen molar-refractivity contribution in [2.45, 2.75) is 46.5 Å². The molecule has 1 N–H and O–H groups in total. The molecule has 2 heterocycles. The number of nitrogens with zero attached hydrogens (tertiary/aromatic N) is 1. The zero-order valence-corrected chi connectivity index (χ0v) is 12.0. The second kappa shape index (κ2) is 5.71. The highest BCUT2D eigenvalue weighted by atomic mass is 15.1. The first kappa shape index (κ1) is 13.4. The van der Waals surface area contributed by atoms with Crippen LogP contribution in [0.1, 0.15) is 46.5 Å². The average molecular weight is 238 g/mol. The van der Waals surface area contributed by atoms with Gasteiger partial charge in [-0.05, 0) is 62.6 Å². The first-order chi connectivity index (χ1) is 8.03. The fourth-order valence-corrected chi connectivity index (χ4v) is 3.51. The summed E-state index contributed by atoms with van der Waals surface area (Å²) in [6.07, 6.45) is 5.76. The van der Waals surface area contributed by atoms with E-state index in [1.165, 1.54) is 58.4 Å². The number of hydrogen-bond acceptors (Lipinski definition) is 2. The number of nitrogens with one attached hydrogen (secondary N) is 1. The van der Waals surface area contributed by atoms with Gasteiger partial charge >= 0.3 is 0 Å². The third-order valence-corrected chi connectivity index (χ3v) is 4.19. The molecule has 2 nitrogen and oxygen atoms in total. The molecule has 17 heavy (non-hydrogen) atoms. The Hall–Kier alpha value is -0.0800. The van der Waals surface area contributed by atoms with Crippen LogP contribution in [0.25, 0.3) is 0 Å². The van der Waals surface area contributed by atoms with Crippen molar-refractivity contribution in [3.8, 4) is 0 Å². The molecule has 2 saturated heterocycles. The molecular weight excluding hydrogens is 208 g/mol. The van der Waals surface area contributed by atoms with Crippen molar-refractivity contribution in [2.24, 2.45) is 17.3 Å². The Morgan fingerprint density at radius 2 is 1.76 bits per heavy atom. The first-order valence-electron chi connectivity index (χ1n) is 7.46. The van der Waals surface area contributed by atoms with Gasteiger partial charge in [0, 0.05) is 13.1 Å². The summed E-state index contributed by atoms with van der Waals surface area (Å²) in [6, 6.07) is 0. The summed E-state index contributed by atoms with van der Waals surface area (Å²) >= 11 is 0. The summed E-state index contributed by atoms with van der Waals surface area (Å²) in [5.74, 6) is 2.00. The van der Waals surface area contributed by atoms with Gasteiger partial charge in [0.2, 0.25) is 0 Å². The number of hydrogen-bond donors (Lipinski definition) is 1. The van der Waals surface area contributed by atoms with Crippen LogP contribution in [0.4, 0.5) is 0 Å². The lowest BCUT2D eigenvalue weighted by Crippen LogP contribution is -2.32. The van der Waals surface area contributed by atoms with Gasteiger partial charge in [-0.25, -0.2) is 0 Å². The molecule has 0 amide bonds. The van der Waals surface area contributed by atoms with Gasteiger partial charge in [0.25, 0.3) is 0 Å². The van der Waals surface area contributed by atoms with E-state index >= 15 is 0 Å². The molecule has 0 radical (unpaired) electrons. The maximum absolute atomic E-state index is 3.47. The molecule has 2 fully saturated rings. The van der Waals surface area contributed by atoms with E-state index in [1.807, 2.05) is 0 Å². The lowest BCUT2D eigenvalue weighted by atomic mass is 9.87. The van der Waals surface area contributed by atoms with Crippen molar-refractivity contribution in [2.75, 3.05) is 32.7 Å². The van der Waals surface area contributed by atoms with Gasteiger partial charge < -0.3 is 10.2 Å². The van der Waals surface area contributed by atoms with Crippen molar-refractivity contribution in [1.29, 1.82) is 0 Å². The topological polar surface area (TPSA) is 15.3 Å². The molecule has 2 heteroatoms. The Morgan fingerprint density at radius 3 is 2.41 bits per heavy atom. The molecule has 2 rings (SSSR count). The standard InChI is InChI=1S/C15H30N2/c1-15(2,3)12-17-9-6-14(11-17)10-13-4-7-16-8-5-13/h13-14,16H,4-12H2,1-3H3. The summed E-state index contributed by atoms with van der Waals surface area (Å²) < 4.78 is 0. The largest absolute Gasteiger partial charge is 0.317 e. The maximum Gasteiger partial charge on any atom is 0.00302 e. The van der Waals surface area contributed by atoms with Crippen molar-refractivity contribution in [1.82, 2.24) is 10.2 Å². The minimum atomic E-state index is 0.462. The molecule has 100 valence electrons. The van der Waals surface area contributed by atoms with E-state index in [-0.39, 0.29) is 0 Å². The lowest BCUT2D eigenvalue weighted by Gasteiger charge is -2.27. The minimum Gasteiger partial charge on any atom is -0.317 e. The molecule has 2 aliphatic heterocycles. The number of rotatable bonds is 3. The predicted molar refractivity (Wildman–Crippen MR) is 74.2 cm³/mol. The third-order valence-electron chi connectivity index (χ3n) is 4.19. The van der Waals surface area contributed by atoms with Gasteiger partial charge in [-0.3, -0.25) is 0 Å². The van der Waals surface area contributed by atoms with E-state index in [9.17, 15) is 0 Å². The average Bonchev–Trinajstić information content (AvgIpc) is 2.64. The Balaban J connectivity index is 1.70. The lowest BCUT2D eigenvalue weighted by molar-refractivity contribution is 0.213. The molecule has 0 aliphatic carbocycles. The van der Waals surface area contributed by atoms with Crippen LogP contribution in [0.3, 0.4) is 0 Å². The molecule has 1 atom stereocenters. The van der Waals surface area contributed by atoms with Crippen molar-refractivity contribution >= 4 is 0 Å². The van der Waals surface area contributed by atoms with Crippen LogP contribution < -0.4 is 5.32 Å². The molecule has 0 aromatic rings. The second-order valence-corrected chi connectivity index (χ2v) is 7.38. The summed E-state index contributed by atoms with van der Waals surface area (Å²) in [7, 11) is 0. The molecule has 0 aromatic heterocycles. The fraction of sp³-hybridized carbons (Fsp3) is 1.00. The van der Waals surface area contributed by atoms with E-state index in [1.54, 1.807) is 0 Å². The monoisotopic (exact) mass is 238 g/mol. The zero-order valence-electron chi connectivity index (χ0n) is 12.0. The van der Waals surface area contributed by atoms with Crippen LogP contribution in [0, 0.1) is 17.3 Å². The quantitative estimate of drug-likeness (QED) is 0.813. The predicted octanol–water partition coefficient (Wildman–Crippen LogP) is 2.74. The summed E-state index contributed by atoms with van der Waals surface area (Å²) in [6.45, 7) is 13.5. The van der Waals surface area contributed by atoms with Crippen LogP contribution in [0.5, 0.6) is 0 Å². The highest BCUT2D eigenvalue weighted by Crippen LogP contribution is 2.29. The maximum atomic E-state index is 3.47. The highest BCUT2D eigenvalue weighted by Gasteiger charge is 2.28. The number of piperidine rings is 1. The van der Waals surface area contributed by atoms with Gasteiger partial charge in [-0.2, -0.15) is 0 Å². The third kappa shape index (κ3) is 4.59. The first-order valence-corrected chi connectivity index (χ1v) is 7.46. The molecule has 0 spiro atoms. The van der Waals surface area contributed by atoms with Gasteiger partial charge in [0.15, 0.2) is 0 Å². The summed E-state index contributed by atoms with van der Waals surface area (Å²) in [5, 5.41) is 3.47. The molecule has 0 bridgehead atoms. The van der Waals surface area contributed by atoms with E-state index in [4.69, 9.17) is 0 Å². The van der Waals surface area contributed by atoms with Crippen molar-refractivity contribution in [3.05, 3.63) is 0 Å². The Morgan fingerprint density at radius 1 is 1.06 bits per heavy atom. The van der Waals surface area contributed by atoms with Gasteiger partial charge in [-0.1, -0.05) is 20.8 Å². The van der Waals surface area contributed by atoms with Gasteiger partial charge in [0.05, 0.1) is 0 Å². The van der Waals surface area contributed by atoms with Gasteiger partial charge in [0.1, 0.15) is 0 Å². The van der Waals surface area contributed by atoms with Gasteiger partial charge in [-0.15, -0.1) is 0 Å². The molecular formula is C15H30N2. The van der Waals surface area contributed by atoms with Crippen LogP contribution in [-0.4, -0.2) is 37.6 Å². The number of likely N-dealkylation sites (tertiary alicyclic amines) is 1. The fourth-order valence-electron chi connectivity index (χ4n) is 3.51. The van der Waals surface area contributed by atoms with E-state index < -0.39 is 0 Å². The Bertz CT molecular complexity index is 226. The Kier molecular flexibility index (Phi) is 4.48. The molecule has 0 aromatic carbocycles. The van der Waals surface area contributed by atoms with E-state index in [2.05, 4.69) is 31.0 Å². The zero-order chi connectivity index (χ0) is 12.3. The van der Waals surface area contributed by atoms with Crippen LogP contribution in [-0.2, 0) is 0 Å². The van der Waals surface area contributed by atoms with Crippen LogP contribution in [0.15, 0.2) is 0 Å². The second-order valence-electron chi connectivity index (χ2n) is 7.38. The van der Waals surface area contributed by atoms with E-state index in [0.717, 1.165) is 11.8 Å². The van der Waals surface area contributed by atoms with Crippen molar-refractivity contribution < 1.29 is 0 Å². The minimum absolute atomic E-state index is 0.462. The molecule has 2 aliphatic rings. The van der Waals surface area contributed by atoms with Crippen LogP contribution in [0.2, 0.25) is 0 Å². The SMILES string of the molecule is CC(C)(C)CN1CCC(CC2CCNCC2)C1.